The van der Waals surface area contributed by atoms with Gasteiger partial charge in [0.25, 0.3) is 0 Å². The van der Waals surface area contributed by atoms with Crippen LogP contribution in [0.15, 0.2) is 21.6 Å². The average Bonchev–Trinajstić information content (AvgIpc) is 3.03. The van der Waals surface area contributed by atoms with Crippen LogP contribution in [0.5, 0.6) is 0 Å². The maximum Gasteiger partial charge on any atom is 0.341 e. The van der Waals surface area contributed by atoms with Crippen LogP contribution in [-0.2, 0) is 19.1 Å². The van der Waals surface area contributed by atoms with Crippen LogP contribution in [0, 0.1) is 13.8 Å². The molecular weight excluding hydrogens is 334 g/mol. The Hall–Kier alpha value is -2.22. The van der Waals surface area contributed by atoms with E-state index in [4.69, 9.17) is 13.9 Å². The van der Waals surface area contributed by atoms with E-state index in [9.17, 15) is 14.4 Å². The second kappa shape index (κ2) is 8.05. The van der Waals surface area contributed by atoms with Crippen molar-refractivity contribution in [1.82, 2.24) is 4.90 Å². The fourth-order valence-corrected chi connectivity index (χ4v) is 3.15. The van der Waals surface area contributed by atoms with Crippen molar-refractivity contribution < 1.29 is 28.3 Å². The maximum atomic E-state index is 12.0. The Balaban J connectivity index is 1.92. The van der Waals surface area contributed by atoms with Crippen LogP contribution in [0.1, 0.15) is 28.8 Å². The predicted molar refractivity (Wildman–Crippen MR) is 87.4 cm³/mol. The van der Waals surface area contributed by atoms with E-state index in [0.717, 1.165) is 0 Å². The van der Waals surface area contributed by atoms with Gasteiger partial charge in [0.2, 0.25) is 5.91 Å². The summed E-state index contributed by atoms with van der Waals surface area (Å²) < 4.78 is 15.3. The summed E-state index contributed by atoms with van der Waals surface area (Å²) >= 11 is 1.25. The van der Waals surface area contributed by atoms with E-state index < -0.39 is 11.9 Å². The number of carbonyl (C=O) groups is 3. The molecule has 2 heterocycles. The number of carbonyl (C=O) groups excluding carboxylic acids is 3. The van der Waals surface area contributed by atoms with E-state index in [1.165, 1.54) is 22.7 Å². The molecule has 24 heavy (non-hydrogen) atoms. The van der Waals surface area contributed by atoms with Crippen molar-refractivity contribution in [2.45, 2.75) is 20.8 Å². The number of thioether (sulfide) groups is 1. The van der Waals surface area contributed by atoms with Gasteiger partial charge in [-0.1, -0.05) is 11.8 Å². The lowest BCUT2D eigenvalue weighted by Crippen LogP contribution is -2.29. The zero-order valence-electron chi connectivity index (χ0n) is 13.8. The summed E-state index contributed by atoms with van der Waals surface area (Å²) in [6, 6.07) is 1.61. The zero-order valence-corrected chi connectivity index (χ0v) is 14.6. The van der Waals surface area contributed by atoms with Crippen LogP contribution in [0.3, 0.4) is 0 Å². The predicted octanol–water partition coefficient (Wildman–Crippen LogP) is 2.03. The van der Waals surface area contributed by atoms with Gasteiger partial charge in [-0.3, -0.25) is 4.79 Å². The van der Waals surface area contributed by atoms with Gasteiger partial charge in [-0.25, -0.2) is 9.59 Å². The molecule has 1 saturated heterocycles. The highest BCUT2D eigenvalue weighted by atomic mass is 32.2. The van der Waals surface area contributed by atoms with Crippen LogP contribution in [0.4, 0.5) is 0 Å². The zero-order chi connectivity index (χ0) is 17.7. The van der Waals surface area contributed by atoms with Crippen LogP contribution in [0.2, 0.25) is 0 Å². The van der Waals surface area contributed by atoms with E-state index in [-0.39, 0.29) is 31.4 Å². The van der Waals surface area contributed by atoms with Crippen molar-refractivity contribution in [2.75, 3.05) is 25.5 Å². The molecule has 0 atom stereocenters. The third-order valence-corrected chi connectivity index (χ3v) is 4.27. The number of furan rings is 1. The van der Waals surface area contributed by atoms with Gasteiger partial charge in [0.05, 0.1) is 30.0 Å². The molecule has 0 bridgehead atoms. The number of ether oxygens (including phenoxy) is 2. The molecule has 2 rings (SSSR count). The lowest BCUT2D eigenvalue weighted by molar-refractivity contribution is -0.137. The van der Waals surface area contributed by atoms with E-state index >= 15 is 0 Å². The van der Waals surface area contributed by atoms with Crippen LogP contribution < -0.4 is 0 Å². The maximum absolute atomic E-state index is 12.0. The summed E-state index contributed by atoms with van der Waals surface area (Å²) in [7, 11) is 0. The number of hydrogen-bond donors (Lipinski definition) is 0. The molecule has 0 radical (unpaired) electrons. The monoisotopic (exact) mass is 353 g/mol. The Morgan fingerprint density at radius 1 is 1.38 bits per heavy atom. The van der Waals surface area contributed by atoms with Crippen molar-refractivity contribution in [1.29, 1.82) is 0 Å². The largest absolute Gasteiger partial charge is 0.466 e. The highest BCUT2D eigenvalue weighted by Gasteiger charge is 2.27. The van der Waals surface area contributed by atoms with Gasteiger partial charge < -0.3 is 18.8 Å². The normalized spacial score (nSPS) is 15.9. The number of amides is 1. The molecule has 1 aliphatic rings. The number of nitrogens with zero attached hydrogens (tertiary/aromatic N) is 1. The third-order valence-electron chi connectivity index (χ3n) is 3.25. The Labute approximate surface area is 144 Å². The minimum Gasteiger partial charge on any atom is -0.466 e. The third kappa shape index (κ3) is 4.41. The standard InChI is InChI=1S/C16H19NO6S/c1-4-21-15(19)8-14-17(13(18)9-24-14)5-6-22-16(20)12-7-10(2)23-11(12)3/h7-8H,4-6,9H2,1-3H3/b14-8-. The molecule has 0 N–H and O–H groups in total. The Morgan fingerprint density at radius 3 is 2.75 bits per heavy atom. The van der Waals surface area contributed by atoms with Gasteiger partial charge in [-0.2, -0.15) is 0 Å². The van der Waals surface area contributed by atoms with E-state index in [1.54, 1.807) is 26.8 Å². The van der Waals surface area contributed by atoms with E-state index in [1.807, 2.05) is 0 Å². The first-order valence-electron chi connectivity index (χ1n) is 7.48. The van der Waals surface area contributed by atoms with Crippen LogP contribution >= 0.6 is 11.8 Å². The molecule has 8 heteroatoms. The summed E-state index contributed by atoms with van der Waals surface area (Å²) in [5.74, 6) is 0.236. The number of hydrogen-bond acceptors (Lipinski definition) is 7. The van der Waals surface area contributed by atoms with E-state index in [2.05, 4.69) is 0 Å². The van der Waals surface area contributed by atoms with Gasteiger partial charge >= 0.3 is 11.9 Å². The number of aryl methyl sites for hydroxylation is 2. The molecule has 1 aromatic heterocycles. The molecule has 1 aliphatic heterocycles. The summed E-state index contributed by atoms with van der Waals surface area (Å²) in [4.78, 5) is 36.8. The first kappa shape index (κ1) is 18.1. The number of rotatable bonds is 6. The topological polar surface area (TPSA) is 86.0 Å². The Morgan fingerprint density at radius 2 is 2.12 bits per heavy atom. The van der Waals surface area contributed by atoms with Crippen LogP contribution in [0.25, 0.3) is 0 Å². The molecule has 1 aromatic rings. The first-order valence-corrected chi connectivity index (χ1v) is 8.46. The smallest absolute Gasteiger partial charge is 0.341 e. The van der Waals surface area contributed by atoms with Gasteiger partial charge in [0.15, 0.2) is 0 Å². The Bertz CT molecular complexity index is 678. The van der Waals surface area contributed by atoms with Crippen molar-refractivity contribution in [2.24, 2.45) is 0 Å². The summed E-state index contributed by atoms with van der Waals surface area (Å²) in [6.07, 6.45) is 1.28. The summed E-state index contributed by atoms with van der Waals surface area (Å²) in [5, 5.41) is 0.504. The average molecular weight is 353 g/mol. The lowest BCUT2D eigenvalue weighted by atomic mass is 10.2. The summed E-state index contributed by atoms with van der Waals surface area (Å²) in [6.45, 7) is 5.61. The van der Waals surface area contributed by atoms with Crippen molar-refractivity contribution in [3.05, 3.63) is 34.3 Å². The first-order chi connectivity index (χ1) is 11.4. The Kier molecular flexibility index (Phi) is 6.08. The SMILES string of the molecule is CCOC(=O)/C=C1\SCC(=O)N1CCOC(=O)c1cc(C)oc1C. The lowest BCUT2D eigenvalue weighted by Gasteiger charge is -2.16. The molecule has 0 saturated carbocycles. The van der Waals surface area contributed by atoms with E-state index in [0.29, 0.717) is 22.1 Å². The minimum atomic E-state index is -0.500. The molecule has 7 nitrogen and oxygen atoms in total. The molecular formula is C16H19NO6S. The minimum absolute atomic E-state index is 0.0228. The fourth-order valence-electron chi connectivity index (χ4n) is 2.19. The van der Waals surface area contributed by atoms with Gasteiger partial charge in [-0.15, -0.1) is 0 Å². The second-order valence-corrected chi connectivity index (χ2v) is 6.03. The van der Waals surface area contributed by atoms with Crippen molar-refractivity contribution >= 4 is 29.6 Å². The van der Waals surface area contributed by atoms with Crippen LogP contribution in [-0.4, -0.2) is 48.3 Å². The molecule has 0 aliphatic carbocycles. The molecule has 130 valence electrons. The highest BCUT2D eigenvalue weighted by Crippen LogP contribution is 2.28. The molecule has 1 fully saturated rings. The van der Waals surface area contributed by atoms with Gasteiger partial charge in [0, 0.05) is 0 Å². The molecule has 0 spiro atoms. The van der Waals surface area contributed by atoms with Gasteiger partial charge in [0.1, 0.15) is 23.7 Å². The van der Waals surface area contributed by atoms with Crippen molar-refractivity contribution in [3.63, 3.8) is 0 Å². The highest BCUT2D eigenvalue weighted by molar-refractivity contribution is 8.04. The fraction of sp³-hybridized carbons (Fsp3) is 0.438. The molecule has 0 unspecified atom stereocenters. The quantitative estimate of drug-likeness (QED) is 0.571. The molecule has 0 aromatic carbocycles. The second-order valence-electron chi connectivity index (χ2n) is 5.03. The van der Waals surface area contributed by atoms with Crippen molar-refractivity contribution in [3.8, 4) is 0 Å². The summed E-state index contributed by atoms with van der Waals surface area (Å²) in [5.41, 5.74) is 0.372. The van der Waals surface area contributed by atoms with Gasteiger partial charge in [-0.05, 0) is 26.8 Å². The number of esters is 2. The molecule has 1 amide bonds.